The molecule has 0 bridgehead atoms. The van der Waals surface area contributed by atoms with E-state index in [4.69, 9.17) is 10.4 Å². The van der Waals surface area contributed by atoms with Gasteiger partial charge in [0.1, 0.15) is 11.9 Å². The SMILES string of the molecule is N#Cc1cc(F)ccc1NC(=O)NC1CCCC1C(=O)O. The van der Waals surface area contributed by atoms with Crippen LogP contribution in [0.15, 0.2) is 18.2 Å². The molecule has 1 aromatic carbocycles. The molecule has 1 saturated carbocycles. The maximum Gasteiger partial charge on any atom is 0.319 e. The minimum atomic E-state index is -0.933. The fourth-order valence-corrected chi connectivity index (χ4v) is 2.47. The van der Waals surface area contributed by atoms with Crippen LogP contribution in [0.5, 0.6) is 0 Å². The van der Waals surface area contributed by atoms with E-state index in [0.29, 0.717) is 12.8 Å². The first kappa shape index (κ1) is 14.8. The number of hydrogen-bond acceptors (Lipinski definition) is 3. The number of nitrogens with zero attached hydrogens (tertiary/aromatic N) is 1. The fourth-order valence-electron chi connectivity index (χ4n) is 2.47. The molecule has 1 aromatic rings. The van der Waals surface area contributed by atoms with Crippen LogP contribution in [0.3, 0.4) is 0 Å². The van der Waals surface area contributed by atoms with Crippen molar-refractivity contribution in [2.75, 3.05) is 5.32 Å². The lowest BCUT2D eigenvalue weighted by molar-refractivity contribution is -0.142. The molecule has 1 aliphatic rings. The second kappa shape index (κ2) is 6.22. The molecule has 2 atom stereocenters. The summed E-state index contributed by atoms with van der Waals surface area (Å²) in [4.78, 5) is 22.9. The lowest BCUT2D eigenvalue weighted by Crippen LogP contribution is -2.42. The van der Waals surface area contributed by atoms with Crippen molar-refractivity contribution in [2.24, 2.45) is 5.92 Å². The summed E-state index contributed by atoms with van der Waals surface area (Å²) in [6, 6.07) is 4.19. The Labute approximate surface area is 120 Å². The average molecular weight is 291 g/mol. The average Bonchev–Trinajstić information content (AvgIpc) is 2.89. The van der Waals surface area contributed by atoms with Crippen molar-refractivity contribution in [3.8, 4) is 6.07 Å². The number of anilines is 1. The largest absolute Gasteiger partial charge is 0.481 e. The van der Waals surface area contributed by atoms with E-state index in [1.165, 1.54) is 6.07 Å². The van der Waals surface area contributed by atoms with Crippen molar-refractivity contribution in [1.29, 1.82) is 5.26 Å². The summed E-state index contributed by atoms with van der Waals surface area (Å²) < 4.78 is 13.0. The number of carboxylic acid groups (broad SMARTS) is 1. The molecule has 1 aliphatic carbocycles. The molecule has 0 saturated heterocycles. The third-order valence-electron chi connectivity index (χ3n) is 3.50. The summed E-state index contributed by atoms with van der Waals surface area (Å²) in [6.45, 7) is 0. The van der Waals surface area contributed by atoms with E-state index in [9.17, 15) is 14.0 Å². The predicted molar refractivity (Wildman–Crippen MR) is 72.0 cm³/mol. The topological polar surface area (TPSA) is 102 Å². The third-order valence-corrected chi connectivity index (χ3v) is 3.50. The van der Waals surface area contributed by atoms with Crippen molar-refractivity contribution >= 4 is 17.7 Å². The smallest absolute Gasteiger partial charge is 0.319 e. The number of halogens is 1. The Morgan fingerprint density at radius 1 is 1.38 bits per heavy atom. The van der Waals surface area contributed by atoms with Crippen LogP contribution >= 0.6 is 0 Å². The van der Waals surface area contributed by atoms with Crippen molar-refractivity contribution in [3.63, 3.8) is 0 Å². The highest BCUT2D eigenvalue weighted by atomic mass is 19.1. The number of carbonyl (C=O) groups is 2. The Balaban J connectivity index is 2.02. The summed E-state index contributed by atoms with van der Waals surface area (Å²) >= 11 is 0. The van der Waals surface area contributed by atoms with Gasteiger partial charge in [0, 0.05) is 6.04 Å². The summed E-state index contributed by atoms with van der Waals surface area (Å²) in [6.07, 6.45) is 1.86. The Hall–Kier alpha value is -2.62. The zero-order chi connectivity index (χ0) is 15.4. The molecular weight excluding hydrogens is 277 g/mol. The monoisotopic (exact) mass is 291 g/mol. The molecule has 0 spiro atoms. The second-order valence-electron chi connectivity index (χ2n) is 4.88. The number of carbonyl (C=O) groups excluding carboxylic acids is 1. The van der Waals surface area contributed by atoms with Gasteiger partial charge in [-0.1, -0.05) is 6.42 Å². The molecule has 0 heterocycles. The predicted octanol–water partition coefficient (Wildman–Crippen LogP) is 2.07. The van der Waals surface area contributed by atoms with Crippen LogP contribution in [0.4, 0.5) is 14.9 Å². The number of rotatable bonds is 3. The van der Waals surface area contributed by atoms with E-state index in [0.717, 1.165) is 18.6 Å². The molecule has 21 heavy (non-hydrogen) atoms. The zero-order valence-electron chi connectivity index (χ0n) is 11.1. The van der Waals surface area contributed by atoms with E-state index in [2.05, 4.69) is 10.6 Å². The van der Waals surface area contributed by atoms with Crippen LogP contribution in [-0.2, 0) is 4.79 Å². The first-order valence-corrected chi connectivity index (χ1v) is 6.51. The Bertz CT molecular complexity index is 612. The molecule has 0 radical (unpaired) electrons. The number of nitrogens with one attached hydrogen (secondary N) is 2. The quantitative estimate of drug-likeness (QED) is 0.793. The van der Waals surface area contributed by atoms with Crippen molar-refractivity contribution in [3.05, 3.63) is 29.6 Å². The highest BCUT2D eigenvalue weighted by molar-refractivity contribution is 5.91. The molecule has 2 unspecified atom stereocenters. The lowest BCUT2D eigenvalue weighted by Gasteiger charge is -2.18. The van der Waals surface area contributed by atoms with E-state index in [1.54, 1.807) is 6.07 Å². The third kappa shape index (κ3) is 3.48. The minimum Gasteiger partial charge on any atom is -0.481 e. The number of urea groups is 1. The van der Waals surface area contributed by atoms with Crippen LogP contribution in [0, 0.1) is 23.1 Å². The molecule has 7 heteroatoms. The van der Waals surface area contributed by atoms with Crippen LogP contribution in [0.1, 0.15) is 24.8 Å². The number of nitriles is 1. The summed E-state index contributed by atoms with van der Waals surface area (Å²) in [5.41, 5.74) is 0.188. The Morgan fingerprint density at radius 2 is 2.14 bits per heavy atom. The highest BCUT2D eigenvalue weighted by Crippen LogP contribution is 2.26. The summed E-state index contributed by atoms with van der Waals surface area (Å²) in [5, 5.41) is 23.0. The fraction of sp³-hybridized carbons (Fsp3) is 0.357. The van der Waals surface area contributed by atoms with Crippen molar-refractivity contribution in [1.82, 2.24) is 5.32 Å². The lowest BCUT2D eigenvalue weighted by atomic mass is 10.0. The van der Waals surface area contributed by atoms with Gasteiger partial charge in [-0.2, -0.15) is 5.26 Å². The molecule has 3 N–H and O–H groups in total. The molecule has 6 nitrogen and oxygen atoms in total. The van der Waals surface area contributed by atoms with Gasteiger partial charge >= 0.3 is 12.0 Å². The first-order chi connectivity index (χ1) is 10.0. The van der Waals surface area contributed by atoms with Gasteiger partial charge in [-0.05, 0) is 31.0 Å². The van der Waals surface area contributed by atoms with Gasteiger partial charge < -0.3 is 15.7 Å². The van der Waals surface area contributed by atoms with Gasteiger partial charge in [-0.15, -0.1) is 0 Å². The van der Waals surface area contributed by atoms with Gasteiger partial charge in [-0.25, -0.2) is 9.18 Å². The van der Waals surface area contributed by atoms with Gasteiger partial charge in [0.05, 0.1) is 17.2 Å². The van der Waals surface area contributed by atoms with E-state index in [-0.39, 0.29) is 11.3 Å². The van der Waals surface area contributed by atoms with Crippen LogP contribution in [-0.4, -0.2) is 23.1 Å². The normalized spacial score (nSPS) is 20.6. The number of benzene rings is 1. The molecule has 110 valence electrons. The van der Waals surface area contributed by atoms with Gasteiger partial charge in [0.25, 0.3) is 0 Å². The van der Waals surface area contributed by atoms with E-state index >= 15 is 0 Å². The highest BCUT2D eigenvalue weighted by Gasteiger charge is 2.33. The van der Waals surface area contributed by atoms with Gasteiger partial charge in [0.2, 0.25) is 0 Å². The van der Waals surface area contributed by atoms with Gasteiger partial charge in [-0.3, -0.25) is 4.79 Å². The Kier molecular flexibility index (Phi) is 4.38. The molecule has 2 rings (SSSR count). The van der Waals surface area contributed by atoms with E-state index < -0.39 is 29.8 Å². The molecule has 0 aliphatic heterocycles. The Morgan fingerprint density at radius 3 is 2.81 bits per heavy atom. The van der Waals surface area contributed by atoms with Crippen LogP contribution < -0.4 is 10.6 Å². The van der Waals surface area contributed by atoms with E-state index in [1.807, 2.05) is 0 Å². The second-order valence-corrected chi connectivity index (χ2v) is 4.88. The number of amides is 2. The van der Waals surface area contributed by atoms with Crippen molar-refractivity contribution in [2.45, 2.75) is 25.3 Å². The molecule has 0 aromatic heterocycles. The minimum absolute atomic E-state index is 0.00589. The standard InChI is InChI=1S/C14H14FN3O3/c15-9-4-5-11(8(6-9)7-16)17-14(21)18-12-3-1-2-10(12)13(19)20/h4-6,10,12H,1-3H2,(H,19,20)(H2,17,18,21). The van der Waals surface area contributed by atoms with Crippen LogP contribution in [0.2, 0.25) is 0 Å². The molecule has 2 amide bonds. The first-order valence-electron chi connectivity index (χ1n) is 6.51. The number of carboxylic acids is 1. The zero-order valence-corrected chi connectivity index (χ0v) is 11.1. The maximum atomic E-state index is 13.0. The maximum absolute atomic E-state index is 13.0. The van der Waals surface area contributed by atoms with Crippen LogP contribution in [0.25, 0.3) is 0 Å². The van der Waals surface area contributed by atoms with Gasteiger partial charge in [0.15, 0.2) is 0 Å². The van der Waals surface area contributed by atoms with Crippen molar-refractivity contribution < 1.29 is 19.1 Å². The summed E-state index contributed by atoms with van der Waals surface area (Å²) in [5.74, 6) is -2.10. The summed E-state index contributed by atoms with van der Waals surface area (Å²) in [7, 11) is 0. The molecular formula is C14H14FN3O3. The number of aliphatic carboxylic acids is 1. The molecule has 1 fully saturated rings. The number of hydrogen-bond donors (Lipinski definition) is 3.